The van der Waals surface area contributed by atoms with E-state index in [1.165, 1.54) is 11.3 Å². The van der Waals surface area contributed by atoms with Crippen LogP contribution in [0.5, 0.6) is 0 Å². The van der Waals surface area contributed by atoms with Gasteiger partial charge in [0.25, 0.3) is 0 Å². The minimum atomic E-state index is 0.0685. The van der Waals surface area contributed by atoms with Crippen LogP contribution in [0.4, 0.5) is 5.95 Å². The summed E-state index contributed by atoms with van der Waals surface area (Å²) in [6.45, 7) is 1.31. The van der Waals surface area contributed by atoms with Gasteiger partial charge in [0.15, 0.2) is 10.8 Å². The molecule has 1 fully saturated rings. The van der Waals surface area contributed by atoms with Crippen LogP contribution in [0.3, 0.4) is 0 Å². The third-order valence-electron chi connectivity index (χ3n) is 4.32. The topological polar surface area (TPSA) is 129 Å². The lowest BCUT2D eigenvalue weighted by molar-refractivity contribution is -0.131. The Balaban J connectivity index is 1.35. The summed E-state index contributed by atoms with van der Waals surface area (Å²) in [5, 5.41) is 13.8. The number of amides is 1. The maximum Gasteiger partial charge on any atom is 0.240 e. The minimum Gasteiger partial charge on any atom is -0.367 e. The summed E-state index contributed by atoms with van der Waals surface area (Å²) in [4.78, 5) is 27.3. The fourth-order valence-corrected chi connectivity index (χ4v) is 3.75. The lowest BCUT2D eigenvalue weighted by atomic mass is 10.0. The summed E-state index contributed by atoms with van der Waals surface area (Å²) in [7, 11) is 0. The molecule has 0 aromatic carbocycles. The quantitative estimate of drug-likeness (QED) is 0.705. The molecule has 2 N–H and O–H groups in total. The number of nitrogens with zero attached hydrogens (tertiary/aromatic N) is 8. The summed E-state index contributed by atoms with van der Waals surface area (Å²) >= 11 is 1.45. The molecule has 1 aliphatic rings. The Kier molecular flexibility index (Phi) is 4.52. The predicted octanol–water partition coefficient (Wildman–Crippen LogP) is 0.575. The number of likely N-dealkylation sites (tertiary alicyclic amines) is 1. The van der Waals surface area contributed by atoms with Crippen molar-refractivity contribution < 1.29 is 4.79 Å². The molecule has 0 aliphatic carbocycles. The molecule has 1 aliphatic heterocycles. The molecule has 134 valence electrons. The maximum absolute atomic E-state index is 12.6. The van der Waals surface area contributed by atoms with E-state index in [1.807, 2.05) is 10.3 Å². The highest BCUT2D eigenvalue weighted by Crippen LogP contribution is 2.24. The van der Waals surface area contributed by atoms with E-state index < -0.39 is 0 Å². The molecule has 3 aromatic rings. The second kappa shape index (κ2) is 7.12. The van der Waals surface area contributed by atoms with E-state index in [4.69, 9.17) is 5.73 Å². The van der Waals surface area contributed by atoms with Crippen molar-refractivity contribution in [1.82, 2.24) is 40.1 Å². The molecule has 0 spiro atoms. The smallest absolute Gasteiger partial charge is 0.240 e. The molecule has 4 rings (SSSR count). The Morgan fingerprint density at radius 1 is 1.27 bits per heavy atom. The van der Waals surface area contributed by atoms with Crippen LogP contribution >= 0.6 is 11.3 Å². The highest BCUT2D eigenvalue weighted by atomic mass is 32.1. The van der Waals surface area contributed by atoms with Crippen molar-refractivity contribution in [1.29, 1.82) is 0 Å². The van der Waals surface area contributed by atoms with Crippen LogP contribution in [0, 0.1) is 0 Å². The average Bonchev–Trinajstić information content (AvgIpc) is 3.32. The van der Waals surface area contributed by atoms with Gasteiger partial charge in [0, 0.05) is 30.9 Å². The van der Waals surface area contributed by atoms with Crippen molar-refractivity contribution in [3.8, 4) is 10.8 Å². The number of tetrazole rings is 1. The van der Waals surface area contributed by atoms with Crippen LogP contribution in [0.25, 0.3) is 10.8 Å². The van der Waals surface area contributed by atoms with Crippen molar-refractivity contribution in [2.75, 3.05) is 18.8 Å². The number of hydrogen-bond acceptors (Lipinski definition) is 9. The summed E-state index contributed by atoms with van der Waals surface area (Å²) < 4.78 is 1.63. The highest BCUT2D eigenvalue weighted by Gasteiger charge is 2.26. The van der Waals surface area contributed by atoms with Gasteiger partial charge in [0.2, 0.25) is 11.9 Å². The number of aromatic nitrogens is 7. The van der Waals surface area contributed by atoms with Gasteiger partial charge in [-0.2, -0.15) is 0 Å². The molecule has 11 heteroatoms. The second-order valence-electron chi connectivity index (χ2n) is 5.99. The number of piperidine rings is 1. The third-order valence-corrected chi connectivity index (χ3v) is 5.21. The van der Waals surface area contributed by atoms with Gasteiger partial charge in [-0.15, -0.1) is 11.3 Å². The number of hydrogen-bond donors (Lipinski definition) is 1. The normalized spacial score (nSPS) is 15.3. The van der Waals surface area contributed by atoms with E-state index in [1.54, 1.807) is 23.1 Å². The van der Waals surface area contributed by atoms with E-state index in [9.17, 15) is 4.79 Å². The molecule has 10 nitrogen and oxygen atoms in total. The van der Waals surface area contributed by atoms with Crippen molar-refractivity contribution in [2.24, 2.45) is 0 Å². The Hall–Kier alpha value is -2.95. The average molecular weight is 371 g/mol. The molecule has 1 amide bonds. The van der Waals surface area contributed by atoms with Gasteiger partial charge in [-0.05, 0) is 29.3 Å². The van der Waals surface area contributed by atoms with Gasteiger partial charge in [-0.25, -0.2) is 19.6 Å². The van der Waals surface area contributed by atoms with Crippen LogP contribution in [-0.4, -0.2) is 59.1 Å². The monoisotopic (exact) mass is 371 g/mol. The number of thiazole rings is 1. The summed E-state index contributed by atoms with van der Waals surface area (Å²) in [6.07, 6.45) is 5.19. The highest BCUT2D eigenvalue weighted by molar-refractivity contribution is 7.13. The summed E-state index contributed by atoms with van der Waals surface area (Å²) in [5.41, 5.74) is 6.49. The summed E-state index contributed by atoms with van der Waals surface area (Å²) in [5.74, 6) is 0.961. The molecular formula is C15H17N9OS. The van der Waals surface area contributed by atoms with Crippen LogP contribution in [0.15, 0.2) is 23.8 Å². The van der Waals surface area contributed by atoms with Gasteiger partial charge in [0.1, 0.15) is 0 Å². The molecule has 0 saturated carbocycles. The number of rotatable bonds is 4. The Labute approximate surface area is 153 Å². The van der Waals surface area contributed by atoms with E-state index in [-0.39, 0.29) is 18.4 Å². The van der Waals surface area contributed by atoms with Gasteiger partial charge in [-0.1, -0.05) is 5.10 Å². The van der Waals surface area contributed by atoms with E-state index in [2.05, 4.69) is 30.5 Å². The Bertz CT molecular complexity index is 885. The van der Waals surface area contributed by atoms with E-state index in [0.717, 1.165) is 23.5 Å². The molecule has 4 heterocycles. The lowest BCUT2D eigenvalue weighted by Crippen LogP contribution is -2.40. The van der Waals surface area contributed by atoms with Crippen LogP contribution < -0.4 is 5.73 Å². The molecule has 0 radical (unpaired) electrons. The first-order valence-corrected chi connectivity index (χ1v) is 9.11. The lowest BCUT2D eigenvalue weighted by Gasteiger charge is -2.31. The van der Waals surface area contributed by atoms with Crippen molar-refractivity contribution in [3.63, 3.8) is 0 Å². The third kappa shape index (κ3) is 3.38. The zero-order valence-electron chi connectivity index (χ0n) is 13.9. The molecular weight excluding hydrogens is 354 g/mol. The first-order valence-electron chi connectivity index (χ1n) is 8.23. The van der Waals surface area contributed by atoms with E-state index in [0.29, 0.717) is 24.9 Å². The second-order valence-corrected chi connectivity index (χ2v) is 6.84. The SMILES string of the molecule is Nc1nnnn1C1CCN(C(=O)Cc2csc(-c3ncccn3)n2)CC1. The molecule has 0 atom stereocenters. The fourth-order valence-electron chi connectivity index (χ4n) is 2.99. The van der Waals surface area contributed by atoms with Gasteiger partial charge in [-0.3, -0.25) is 4.79 Å². The zero-order chi connectivity index (χ0) is 17.9. The first-order chi connectivity index (χ1) is 12.7. The van der Waals surface area contributed by atoms with Crippen LogP contribution in [0.2, 0.25) is 0 Å². The Morgan fingerprint density at radius 2 is 2.04 bits per heavy atom. The molecule has 1 saturated heterocycles. The van der Waals surface area contributed by atoms with Crippen LogP contribution in [-0.2, 0) is 11.2 Å². The predicted molar refractivity (Wildman–Crippen MR) is 93.9 cm³/mol. The molecule has 0 unspecified atom stereocenters. The van der Waals surface area contributed by atoms with Crippen molar-refractivity contribution >= 4 is 23.2 Å². The number of carbonyl (C=O) groups is 1. The number of anilines is 1. The van der Waals surface area contributed by atoms with Crippen molar-refractivity contribution in [2.45, 2.75) is 25.3 Å². The van der Waals surface area contributed by atoms with Crippen LogP contribution in [0.1, 0.15) is 24.6 Å². The Morgan fingerprint density at radius 3 is 2.73 bits per heavy atom. The molecule has 3 aromatic heterocycles. The van der Waals surface area contributed by atoms with Gasteiger partial charge >= 0.3 is 0 Å². The largest absolute Gasteiger partial charge is 0.367 e. The molecule has 0 bridgehead atoms. The zero-order valence-corrected chi connectivity index (χ0v) is 14.7. The summed E-state index contributed by atoms with van der Waals surface area (Å²) in [6, 6.07) is 1.89. The first kappa shape index (κ1) is 16.5. The van der Waals surface area contributed by atoms with Gasteiger partial charge in [0.05, 0.1) is 18.2 Å². The van der Waals surface area contributed by atoms with E-state index >= 15 is 0 Å². The standard InChI is InChI=1S/C15H17N9OS/c16-15-20-21-22-24(15)11-2-6-23(7-3-11)12(25)8-10-9-26-14(19-10)13-17-4-1-5-18-13/h1,4-5,9,11H,2-3,6-8H2,(H2,16,20,22). The maximum atomic E-state index is 12.6. The number of carbonyl (C=O) groups excluding carboxylic acids is 1. The molecule has 26 heavy (non-hydrogen) atoms. The fraction of sp³-hybridized carbons (Fsp3) is 0.400. The number of nitrogens with two attached hydrogens (primary N) is 1. The minimum absolute atomic E-state index is 0.0685. The van der Waals surface area contributed by atoms with Crippen molar-refractivity contribution in [3.05, 3.63) is 29.5 Å². The number of nitrogen functional groups attached to an aromatic ring is 1. The van der Waals surface area contributed by atoms with Gasteiger partial charge < -0.3 is 10.6 Å².